The van der Waals surface area contributed by atoms with Crippen LogP contribution in [0.25, 0.3) is 16.0 Å². The lowest BCUT2D eigenvalue weighted by Gasteiger charge is -2.44. The largest absolute Gasteiger partial charge is 0.465 e. The van der Waals surface area contributed by atoms with Crippen LogP contribution in [0.15, 0.2) is 23.2 Å². The van der Waals surface area contributed by atoms with Crippen LogP contribution in [0, 0.1) is 0 Å². The van der Waals surface area contributed by atoms with Gasteiger partial charge in [0.15, 0.2) is 5.01 Å². The monoisotopic (exact) mass is 541 g/mol. The van der Waals surface area contributed by atoms with Crippen LogP contribution >= 0.6 is 11.3 Å². The Bertz CT molecular complexity index is 1430. The lowest BCUT2D eigenvalue weighted by molar-refractivity contribution is 0.0983. The fourth-order valence-electron chi connectivity index (χ4n) is 4.62. The number of piperazine rings is 1. The molecule has 0 unspecified atom stereocenters. The first-order chi connectivity index (χ1) is 16.9. The molecule has 2 N–H and O–H groups in total. The van der Waals surface area contributed by atoms with E-state index in [2.05, 4.69) is 20.0 Å². The van der Waals surface area contributed by atoms with Crippen molar-refractivity contribution in [3.63, 3.8) is 0 Å². The number of hydrogen-bond acceptors (Lipinski definition) is 8. The second kappa shape index (κ2) is 8.59. The average Bonchev–Trinajstić information content (AvgIpc) is 3.16. The highest BCUT2D eigenvalue weighted by molar-refractivity contribution is 7.89. The van der Waals surface area contributed by atoms with Crippen LogP contribution in [0.2, 0.25) is 0 Å². The van der Waals surface area contributed by atoms with Gasteiger partial charge in [0.25, 0.3) is 6.43 Å². The number of halogens is 2. The van der Waals surface area contributed by atoms with Crippen molar-refractivity contribution in [2.45, 2.75) is 62.6 Å². The van der Waals surface area contributed by atoms with E-state index >= 15 is 0 Å². The molecule has 1 aliphatic carbocycles. The van der Waals surface area contributed by atoms with Crippen molar-refractivity contribution in [2.24, 2.45) is 0 Å². The first-order valence-electron chi connectivity index (χ1n) is 11.3. The van der Waals surface area contributed by atoms with Crippen molar-refractivity contribution < 1.29 is 27.1 Å². The Kier molecular flexibility index (Phi) is 5.91. The van der Waals surface area contributed by atoms with E-state index in [4.69, 9.17) is 0 Å². The van der Waals surface area contributed by atoms with Crippen LogP contribution < -0.4 is 9.62 Å². The van der Waals surface area contributed by atoms with Crippen molar-refractivity contribution >= 4 is 44.0 Å². The summed E-state index contributed by atoms with van der Waals surface area (Å²) < 4.78 is 57.0. The maximum atomic E-state index is 13.3. The summed E-state index contributed by atoms with van der Waals surface area (Å²) in [4.78, 5) is 15.0. The number of alkyl halides is 2. The predicted octanol–water partition coefficient (Wildman–Crippen LogP) is 3.22. The molecule has 0 spiro atoms. The SMILES string of the molecule is C[C@@H]1CN(c2cc(S(=O)(=O)NC3(C)CC3)cc3c2cnn3-c2nnc(C(F)F)s2)C[C@@H](C)N1C(=O)O. The van der Waals surface area contributed by atoms with Gasteiger partial charge in [0.2, 0.25) is 15.2 Å². The molecular formula is C21H25F2N7O4S2. The van der Waals surface area contributed by atoms with Gasteiger partial charge in [0.05, 0.1) is 28.7 Å². The van der Waals surface area contributed by atoms with E-state index in [0.29, 0.717) is 41.0 Å². The van der Waals surface area contributed by atoms with Crippen LogP contribution in [-0.4, -0.2) is 75.2 Å². The number of aromatic nitrogens is 4. The minimum absolute atomic E-state index is 0.000515. The van der Waals surface area contributed by atoms with E-state index < -0.39 is 33.1 Å². The number of carbonyl (C=O) groups is 1. The number of rotatable bonds is 6. The summed E-state index contributed by atoms with van der Waals surface area (Å²) in [5, 5.41) is 21.5. The van der Waals surface area contributed by atoms with Crippen molar-refractivity contribution in [2.75, 3.05) is 18.0 Å². The molecule has 194 valence electrons. The normalized spacial score (nSPS) is 21.9. The zero-order valence-electron chi connectivity index (χ0n) is 19.7. The van der Waals surface area contributed by atoms with Gasteiger partial charge in [-0.2, -0.15) is 5.10 Å². The molecule has 1 saturated carbocycles. The maximum absolute atomic E-state index is 13.3. The zero-order valence-corrected chi connectivity index (χ0v) is 21.4. The highest BCUT2D eigenvalue weighted by atomic mass is 32.2. The third kappa shape index (κ3) is 4.39. The van der Waals surface area contributed by atoms with Crippen LogP contribution in [0.5, 0.6) is 0 Å². The van der Waals surface area contributed by atoms with E-state index in [0.717, 1.165) is 12.8 Å². The molecule has 1 aromatic carbocycles. The molecule has 0 radical (unpaired) electrons. The number of nitrogens with one attached hydrogen (secondary N) is 1. The fraction of sp³-hybridized carbons (Fsp3) is 0.524. The molecule has 1 amide bonds. The van der Waals surface area contributed by atoms with E-state index in [1.54, 1.807) is 19.9 Å². The lowest BCUT2D eigenvalue weighted by atomic mass is 10.1. The second-order valence-corrected chi connectivity index (χ2v) is 12.3. The number of nitrogens with zero attached hydrogens (tertiary/aromatic N) is 6. The lowest BCUT2D eigenvalue weighted by Crippen LogP contribution is -2.58. The van der Waals surface area contributed by atoms with Crippen LogP contribution in [-0.2, 0) is 10.0 Å². The summed E-state index contributed by atoms with van der Waals surface area (Å²) in [6.45, 7) is 6.08. The van der Waals surface area contributed by atoms with E-state index in [9.17, 15) is 27.1 Å². The predicted molar refractivity (Wildman–Crippen MR) is 128 cm³/mol. The first kappa shape index (κ1) is 24.8. The van der Waals surface area contributed by atoms with Crippen LogP contribution in [0.4, 0.5) is 19.3 Å². The molecule has 15 heteroatoms. The van der Waals surface area contributed by atoms with Gasteiger partial charge in [-0.25, -0.2) is 31.4 Å². The third-order valence-electron chi connectivity index (χ3n) is 6.61. The number of amides is 1. The van der Waals surface area contributed by atoms with Crippen molar-refractivity contribution in [3.05, 3.63) is 23.3 Å². The second-order valence-electron chi connectivity index (χ2n) is 9.61. The number of hydrogen-bond donors (Lipinski definition) is 2. The summed E-state index contributed by atoms with van der Waals surface area (Å²) in [6, 6.07) is 2.31. The molecule has 2 aromatic heterocycles. The molecule has 11 nitrogen and oxygen atoms in total. The third-order valence-corrected chi connectivity index (χ3v) is 9.13. The molecule has 3 aromatic rings. The summed E-state index contributed by atoms with van der Waals surface area (Å²) in [7, 11) is -3.92. The van der Waals surface area contributed by atoms with Gasteiger partial charge in [-0.15, -0.1) is 10.2 Å². The van der Waals surface area contributed by atoms with Crippen molar-refractivity contribution in [1.29, 1.82) is 0 Å². The molecule has 1 aliphatic heterocycles. The molecule has 5 rings (SSSR count). The van der Waals surface area contributed by atoms with Crippen molar-refractivity contribution in [3.8, 4) is 5.13 Å². The van der Waals surface area contributed by atoms with Crippen molar-refractivity contribution in [1.82, 2.24) is 29.6 Å². The molecule has 2 fully saturated rings. The number of fused-ring (bicyclic) bond motifs is 1. The van der Waals surface area contributed by atoms with Gasteiger partial charge >= 0.3 is 6.09 Å². The summed E-state index contributed by atoms with van der Waals surface area (Å²) in [5.74, 6) is 0. The topological polar surface area (TPSA) is 134 Å². The Morgan fingerprint density at radius 2 is 1.89 bits per heavy atom. The van der Waals surface area contributed by atoms with E-state index in [1.807, 2.05) is 11.8 Å². The highest BCUT2D eigenvalue weighted by Crippen LogP contribution is 2.38. The summed E-state index contributed by atoms with van der Waals surface area (Å²) in [5.41, 5.74) is 0.421. The Hall–Kier alpha value is -2.91. The maximum Gasteiger partial charge on any atom is 0.407 e. The average molecular weight is 542 g/mol. The number of anilines is 1. The smallest absolute Gasteiger partial charge is 0.407 e. The number of sulfonamides is 1. The molecule has 36 heavy (non-hydrogen) atoms. The summed E-state index contributed by atoms with van der Waals surface area (Å²) in [6.07, 6.45) is -0.823. The van der Waals surface area contributed by atoms with Gasteiger partial charge in [-0.05, 0) is 45.7 Å². The fourth-order valence-corrected chi connectivity index (χ4v) is 6.80. The highest BCUT2D eigenvalue weighted by Gasteiger charge is 2.42. The van der Waals surface area contributed by atoms with Gasteiger partial charge in [-0.3, -0.25) is 4.90 Å². The molecule has 2 aliphatic rings. The Morgan fingerprint density at radius 1 is 1.22 bits per heavy atom. The van der Waals surface area contributed by atoms with E-state index in [1.165, 1.54) is 21.8 Å². The zero-order chi connectivity index (χ0) is 26.0. The molecule has 1 saturated heterocycles. The van der Waals surface area contributed by atoms with Crippen LogP contribution in [0.1, 0.15) is 45.0 Å². The standard InChI is InChI=1S/C21H25F2N7O4S2/c1-11-9-28(10-12(2)29(11)20(31)32)15-6-13(36(33,34)27-21(3)4-5-21)7-16-14(15)8-24-30(16)19-26-25-18(35-19)17(22)23/h6-8,11-12,17,27H,4-5,9-10H2,1-3H3,(H,31,32)/t11-,12-/m1/s1. The van der Waals surface area contributed by atoms with Gasteiger partial charge in [0.1, 0.15) is 0 Å². The molecular weight excluding hydrogens is 516 g/mol. The van der Waals surface area contributed by atoms with Crippen LogP contribution in [0.3, 0.4) is 0 Å². The van der Waals surface area contributed by atoms with Gasteiger partial charge in [0, 0.05) is 29.7 Å². The quantitative estimate of drug-likeness (QED) is 0.486. The van der Waals surface area contributed by atoms with Gasteiger partial charge < -0.3 is 10.0 Å². The number of carboxylic acid groups (broad SMARTS) is 1. The molecule has 3 heterocycles. The first-order valence-corrected chi connectivity index (χ1v) is 13.6. The Balaban J connectivity index is 1.64. The van der Waals surface area contributed by atoms with Gasteiger partial charge in [-0.1, -0.05) is 11.3 Å². The molecule has 0 bridgehead atoms. The number of benzene rings is 1. The summed E-state index contributed by atoms with van der Waals surface area (Å²) >= 11 is 0.670. The Morgan fingerprint density at radius 3 is 2.44 bits per heavy atom. The molecule has 2 atom stereocenters. The minimum Gasteiger partial charge on any atom is -0.465 e. The van der Waals surface area contributed by atoms with E-state index in [-0.39, 0.29) is 22.1 Å². The Labute approximate surface area is 209 Å². The minimum atomic E-state index is -3.92.